The van der Waals surface area contributed by atoms with E-state index in [0.29, 0.717) is 5.69 Å². The van der Waals surface area contributed by atoms with Crippen molar-refractivity contribution in [2.45, 2.75) is 19.1 Å². The summed E-state index contributed by atoms with van der Waals surface area (Å²) in [6.45, 7) is 1.98. The lowest BCUT2D eigenvalue weighted by Gasteiger charge is -2.30. The zero-order valence-corrected chi connectivity index (χ0v) is 20.2. The van der Waals surface area contributed by atoms with E-state index in [-0.39, 0.29) is 11.8 Å². The standard InChI is InChI=1S/C32H24N2O3/c1-20-15-17-23(18-16-20)33-31(35)28-29(34(37-30(28)32(33)36)24-11-3-2-4-12-24)27-25-13-7-5-9-21(25)19-22-10-6-8-14-26(22)27/h2-19,28-30H,1H3/t28-,29-,30+/m1/s1. The van der Waals surface area contributed by atoms with Crippen molar-refractivity contribution in [1.29, 1.82) is 0 Å². The molecule has 5 aromatic carbocycles. The smallest absolute Gasteiger partial charge is 0.266 e. The van der Waals surface area contributed by atoms with Crippen molar-refractivity contribution in [2.75, 3.05) is 9.96 Å². The average molecular weight is 485 g/mol. The molecule has 2 saturated heterocycles. The van der Waals surface area contributed by atoms with Gasteiger partial charge in [-0.25, -0.2) is 9.96 Å². The van der Waals surface area contributed by atoms with E-state index < -0.39 is 18.1 Å². The number of anilines is 2. The molecule has 0 aromatic heterocycles. The Balaban J connectivity index is 1.47. The van der Waals surface area contributed by atoms with Crippen LogP contribution < -0.4 is 9.96 Å². The molecule has 0 N–H and O–H groups in total. The van der Waals surface area contributed by atoms with Gasteiger partial charge in [-0.2, -0.15) is 0 Å². The minimum Gasteiger partial charge on any atom is -0.273 e. The maximum absolute atomic E-state index is 14.1. The van der Waals surface area contributed by atoms with Crippen LogP contribution in [0.15, 0.2) is 109 Å². The van der Waals surface area contributed by atoms with Gasteiger partial charge in [-0.3, -0.25) is 14.4 Å². The lowest BCUT2D eigenvalue weighted by Crippen LogP contribution is -2.37. The van der Waals surface area contributed by atoms with Gasteiger partial charge in [-0.15, -0.1) is 0 Å². The van der Waals surface area contributed by atoms with E-state index in [4.69, 9.17) is 4.84 Å². The first-order valence-corrected chi connectivity index (χ1v) is 12.5. The number of hydrogen-bond acceptors (Lipinski definition) is 4. The third-order valence-corrected chi connectivity index (χ3v) is 7.53. The van der Waals surface area contributed by atoms with Crippen molar-refractivity contribution in [3.05, 3.63) is 120 Å². The Bertz CT molecular complexity index is 1630. The minimum absolute atomic E-state index is 0.237. The highest BCUT2D eigenvalue weighted by Crippen LogP contribution is 2.50. The molecule has 2 heterocycles. The van der Waals surface area contributed by atoms with E-state index >= 15 is 0 Å². The summed E-state index contributed by atoms with van der Waals surface area (Å²) in [6.07, 6.45) is -0.906. The molecule has 0 radical (unpaired) electrons. The Morgan fingerprint density at radius 1 is 0.649 bits per heavy atom. The SMILES string of the molecule is Cc1ccc(N2C(=O)[C@H]3[C@H](ON(c4ccccc4)[C@@H]3c3c4ccccc4cc4ccccc34)C2=O)cc1. The normalized spacial score (nSPS) is 21.3. The number of rotatable bonds is 3. The molecule has 7 rings (SSSR count). The molecule has 2 aliphatic heterocycles. The summed E-state index contributed by atoms with van der Waals surface area (Å²) in [6, 6.07) is 35.3. The van der Waals surface area contributed by atoms with Crippen molar-refractivity contribution in [3.63, 3.8) is 0 Å². The third kappa shape index (κ3) is 3.28. The van der Waals surface area contributed by atoms with Crippen molar-refractivity contribution < 1.29 is 14.4 Å². The summed E-state index contributed by atoms with van der Waals surface area (Å²) in [5, 5.41) is 6.04. The second kappa shape index (κ2) is 8.29. The van der Waals surface area contributed by atoms with Gasteiger partial charge in [0.1, 0.15) is 5.92 Å². The first-order valence-electron chi connectivity index (χ1n) is 12.5. The number of fused-ring (bicyclic) bond motifs is 3. The van der Waals surface area contributed by atoms with Gasteiger partial charge in [0.2, 0.25) is 5.91 Å². The van der Waals surface area contributed by atoms with Crippen LogP contribution in [0.1, 0.15) is 17.2 Å². The van der Waals surface area contributed by atoms with Crippen LogP contribution in [-0.4, -0.2) is 17.9 Å². The Hall–Kier alpha value is -4.48. The first kappa shape index (κ1) is 21.8. The Morgan fingerprint density at radius 3 is 1.89 bits per heavy atom. The number of imide groups is 1. The maximum atomic E-state index is 14.1. The predicted octanol–water partition coefficient (Wildman–Crippen LogP) is 6.35. The largest absolute Gasteiger partial charge is 0.273 e. The van der Waals surface area contributed by atoms with E-state index in [2.05, 4.69) is 30.3 Å². The highest BCUT2D eigenvalue weighted by molar-refractivity contribution is 6.24. The molecule has 0 aliphatic carbocycles. The van der Waals surface area contributed by atoms with Crippen LogP contribution in [0.4, 0.5) is 11.4 Å². The molecule has 0 bridgehead atoms. The molecular weight excluding hydrogens is 460 g/mol. The minimum atomic E-state index is -0.906. The van der Waals surface area contributed by atoms with Crippen molar-refractivity contribution in [3.8, 4) is 0 Å². The fourth-order valence-electron chi connectivity index (χ4n) is 5.82. The highest BCUT2D eigenvalue weighted by Gasteiger charge is 2.60. The van der Waals surface area contributed by atoms with E-state index in [0.717, 1.165) is 38.4 Å². The number of amides is 2. The number of carbonyl (C=O) groups excluding carboxylic acids is 2. The molecule has 2 amide bonds. The number of para-hydroxylation sites is 1. The molecule has 0 spiro atoms. The summed E-state index contributed by atoms with van der Waals surface area (Å²) in [5.74, 6) is -1.26. The van der Waals surface area contributed by atoms with Gasteiger partial charge in [0.15, 0.2) is 6.10 Å². The van der Waals surface area contributed by atoms with Crippen LogP contribution in [0.5, 0.6) is 0 Å². The average Bonchev–Trinajstić information content (AvgIpc) is 3.44. The summed E-state index contributed by atoms with van der Waals surface area (Å²) in [5.41, 5.74) is 3.44. The van der Waals surface area contributed by atoms with Crippen molar-refractivity contribution in [2.24, 2.45) is 5.92 Å². The number of aryl methyl sites for hydroxylation is 1. The van der Waals surface area contributed by atoms with Crippen LogP contribution in [0.2, 0.25) is 0 Å². The molecule has 5 aromatic rings. The molecule has 37 heavy (non-hydrogen) atoms. The fourth-order valence-corrected chi connectivity index (χ4v) is 5.82. The van der Waals surface area contributed by atoms with Crippen LogP contribution in [0.3, 0.4) is 0 Å². The van der Waals surface area contributed by atoms with Crippen LogP contribution in [0.25, 0.3) is 21.5 Å². The quantitative estimate of drug-likeness (QED) is 0.221. The van der Waals surface area contributed by atoms with Crippen LogP contribution >= 0.6 is 0 Å². The number of nitrogens with zero attached hydrogens (tertiary/aromatic N) is 2. The van der Waals surface area contributed by atoms with E-state index in [9.17, 15) is 9.59 Å². The molecule has 3 atom stereocenters. The molecule has 0 saturated carbocycles. The lowest BCUT2D eigenvalue weighted by molar-refractivity contribution is -0.126. The Labute approximate surface area is 214 Å². The number of carbonyl (C=O) groups is 2. The van der Waals surface area contributed by atoms with E-state index in [1.807, 2.05) is 85.8 Å². The topological polar surface area (TPSA) is 49.9 Å². The second-order valence-electron chi connectivity index (χ2n) is 9.74. The Morgan fingerprint density at radius 2 is 1.24 bits per heavy atom. The van der Waals surface area contributed by atoms with Crippen molar-refractivity contribution in [1.82, 2.24) is 0 Å². The Kier molecular flexibility index (Phi) is 4.88. The van der Waals surface area contributed by atoms with Crippen molar-refractivity contribution >= 4 is 44.7 Å². The second-order valence-corrected chi connectivity index (χ2v) is 9.74. The molecule has 5 heteroatoms. The summed E-state index contributed by atoms with van der Waals surface area (Å²) < 4.78 is 0. The lowest BCUT2D eigenvalue weighted by atomic mass is 9.84. The fraction of sp³-hybridized carbons (Fsp3) is 0.125. The number of benzene rings is 5. The highest BCUT2D eigenvalue weighted by atomic mass is 16.7. The van der Waals surface area contributed by atoms with Gasteiger partial charge in [-0.1, -0.05) is 84.4 Å². The van der Waals surface area contributed by atoms with E-state index in [1.165, 1.54) is 4.90 Å². The van der Waals surface area contributed by atoms with Gasteiger partial charge in [-0.05, 0) is 64.4 Å². The van der Waals surface area contributed by atoms with E-state index in [1.54, 1.807) is 5.06 Å². The van der Waals surface area contributed by atoms with Gasteiger partial charge < -0.3 is 0 Å². The third-order valence-electron chi connectivity index (χ3n) is 7.53. The van der Waals surface area contributed by atoms with Gasteiger partial charge >= 0.3 is 0 Å². The zero-order valence-electron chi connectivity index (χ0n) is 20.2. The van der Waals surface area contributed by atoms with Gasteiger partial charge in [0.25, 0.3) is 5.91 Å². The molecule has 2 aliphatic rings. The maximum Gasteiger partial charge on any atom is 0.266 e. The molecule has 0 unspecified atom stereocenters. The van der Waals surface area contributed by atoms with Gasteiger partial charge in [0.05, 0.1) is 17.4 Å². The van der Waals surface area contributed by atoms with Crippen LogP contribution in [0, 0.1) is 12.8 Å². The summed E-state index contributed by atoms with van der Waals surface area (Å²) >= 11 is 0. The summed E-state index contributed by atoms with van der Waals surface area (Å²) in [4.78, 5) is 35.5. The monoisotopic (exact) mass is 484 g/mol. The number of hydrogen-bond donors (Lipinski definition) is 0. The molecule has 2 fully saturated rings. The predicted molar refractivity (Wildman–Crippen MR) is 145 cm³/mol. The molecular formula is C32H24N2O3. The van der Waals surface area contributed by atoms with Crippen LogP contribution in [-0.2, 0) is 14.4 Å². The number of hydroxylamine groups is 1. The van der Waals surface area contributed by atoms with Gasteiger partial charge in [0, 0.05) is 0 Å². The summed E-state index contributed by atoms with van der Waals surface area (Å²) in [7, 11) is 0. The molecule has 180 valence electrons. The first-order chi connectivity index (χ1) is 18.1. The molecule has 5 nitrogen and oxygen atoms in total. The zero-order chi connectivity index (χ0) is 25.1.